The Morgan fingerprint density at radius 1 is 1.23 bits per heavy atom. The zero-order valence-corrected chi connectivity index (χ0v) is 15.6. The third-order valence-electron chi connectivity index (χ3n) is 3.37. The number of aromatic nitrogens is 1. The first-order chi connectivity index (χ1) is 12.7. The number of rotatable bonds is 5. The Balaban J connectivity index is 1.93. The van der Waals surface area contributed by atoms with Crippen LogP contribution in [0, 0.1) is 11.3 Å². The molecular weight excluding hydrogens is 362 g/mol. The molecule has 4 nitrogen and oxygen atoms in total. The minimum atomic E-state index is -0.163. The number of carbonyl (C=O) groups excluding carboxylic acids is 1. The van der Waals surface area contributed by atoms with Crippen LogP contribution in [0.2, 0.25) is 0 Å². The maximum absolute atomic E-state index is 11.5. The Hall–Kier alpha value is -3.01. The second-order valence-corrected chi connectivity index (χ2v) is 7.26. The summed E-state index contributed by atoms with van der Waals surface area (Å²) in [5.74, 6) is -0.163. The fourth-order valence-electron chi connectivity index (χ4n) is 2.24. The molecule has 1 N–H and O–H groups in total. The normalized spacial score (nSPS) is 11.5. The second-order valence-electron chi connectivity index (χ2n) is 5.32. The predicted molar refractivity (Wildman–Crippen MR) is 109 cm³/mol. The van der Waals surface area contributed by atoms with Gasteiger partial charge in [-0.25, -0.2) is 4.98 Å². The average Bonchev–Trinajstić information content (AvgIpc) is 3.29. The molecule has 0 radical (unpaired) electrons. The Bertz CT molecular complexity index is 994. The number of benzene rings is 1. The van der Waals surface area contributed by atoms with E-state index >= 15 is 0 Å². The van der Waals surface area contributed by atoms with Gasteiger partial charge in [0.25, 0.3) is 0 Å². The Kier molecular flexibility index (Phi) is 5.74. The maximum atomic E-state index is 11.5. The van der Waals surface area contributed by atoms with E-state index < -0.39 is 0 Å². The van der Waals surface area contributed by atoms with Crippen LogP contribution in [0.5, 0.6) is 0 Å². The Morgan fingerprint density at radius 3 is 2.69 bits per heavy atom. The van der Waals surface area contributed by atoms with Gasteiger partial charge in [-0.15, -0.1) is 11.3 Å². The highest BCUT2D eigenvalue weighted by Crippen LogP contribution is 2.37. The summed E-state index contributed by atoms with van der Waals surface area (Å²) >= 11 is 2.85. The number of allylic oxidation sites excluding steroid dienone is 3. The molecule has 0 spiro atoms. The zero-order chi connectivity index (χ0) is 18.4. The fraction of sp³-hybridized carbons (Fsp3) is 0.0500. The van der Waals surface area contributed by atoms with Crippen LogP contribution in [0.25, 0.3) is 22.2 Å². The van der Waals surface area contributed by atoms with Crippen LogP contribution in [0.4, 0.5) is 5.00 Å². The third-order valence-corrected chi connectivity index (χ3v) is 5.25. The summed E-state index contributed by atoms with van der Waals surface area (Å²) in [7, 11) is 0. The summed E-state index contributed by atoms with van der Waals surface area (Å²) in [5.41, 5.74) is 2.21. The Morgan fingerprint density at radius 2 is 2.04 bits per heavy atom. The predicted octanol–water partition coefficient (Wildman–Crippen LogP) is 5.45. The molecule has 1 amide bonds. The average molecular weight is 377 g/mol. The number of nitrogens with one attached hydrogen (secondary N) is 1. The van der Waals surface area contributed by atoms with Gasteiger partial charge >= 0.3 is 0 Å². The summed E-state index contributed by atoms with van der Waals surface area (Å²) in [6.45, 7) is 1.46. The minimum absolute atomic E-state index is 0.163. The van der Waals surface area contributed by atoms with Crippen molar-refractivity contribution in [1.29, 1.82) is 5.26 Å². The van der Waals surface area contributed by atoms with Crippen LogP contribution in [0.15, 0.2) is 60.0 Å². The molecule has 0 bridgehead atoms. The van der Waals surface area contributed by atoms with E-state index in [0.717, 1.165) is 10.4 Å². The molecule has 0 atom stereocenters. The van der Waals surface area contributed by atoms with Crippen LogP contribution < -0.4 is 5.32 Å². The lowest BCUT2D eigenvalue weighted by Gasteiger charge is -1.99. The fourth-order valence-corrected chi connectivity index (χ4v) is 4.02. The first-order valence-electron chi connectivity index (χ1n) is 7.83. The molecule has 0 aliphatic rings. The van der Waals surface area contributed by atoms with E-state index in [4.69, 9.17) is 0 Å². The lowest BCUT2D eigenvalue weighted by Crippen LogP contribution is -2.04. The monoisotopic (exact) mass is 377 g/mol. The summed E-state index contributed by atoms with van der Waals surface area (Å²) in [6.07, 6.45) is 5.50. The van der Waals surface area contributed by atoms with Crippen LogP contribution >= 0.6 is 22.7 Å². The van der Waals surface area contributed by atoms with Crippen molar-refractivity contribution in [3.8, 4) is 16.6 Å². The van der Waals surface area contributed by atoms with Gasteiger partial charge in [0.05, 0.1) is 10.5 Å². The van der Waals surface area contributed by atoms with E-state index in [9.17, 15) is 10.1 Å². The van der Waals surface area contributed by atoms with Crippen molar-refractivity contribution in [2.24, 2.45) is 0 Å². The van der Waals surface area contributed by atoms with Crippen molar-refractivity contribution in [3.63, 3.8) is 0 Å². The zero-order valence-electron chi connectivity index (χ0n) is 14.0. The van der Waals surface area contributed by atoms with Gasteiger partial charge in [0, 0.05) is 6.92 Å². The first-order valence-corrected chi connectivity index (χ1v) is 9.53. The summed E-state index contributed by atoms with van der Waals surface area (Å²) < 4.78 is 0. The second kappa shape index (κ2) is 8.39. The number of thiazole rings is 1. The number of hydrogen-bond donors (Lipinski definition) is 1. The summed E-state index contributed by atoms with van der Waals surface area (Å²) in [4.78, 5) is 17.0. The summed E-state index contributed by atoms with van der Waals surface area (Å²) in [6, 6.07) is 15.9. The number of anilines is 1. The van der Waals surface area contributed by atoms with Crippen molar-refractivity contribution in [2.75, 3.05) is 5.32 Å². The molecule has 0 aliphatic heterocycles. The number of thiophene rings is 1. The lowest BCUT2D eigenvalue weighted by atomic mass is 10.2. The Labute approximate surface area is 159 Å². The molecule has 6 heteroatoms. The molecule has 128 valence electrons. The van der Waals surface area contributed by atoms with Crippen molar-refractivity contribution >= 4 is 45.2 Å². The highest BCUT2D eigenvalue weighted by Gasteiger charge is 2.17. The molecule has 0 saturated carbocycles. The van der Waals surface area contributed by atoms with E-state index in [2.05, 4.69) is 16.4 Å². The quantitative estimate of drug-likeness (QED) is 0.475. The molecule has 3 aromatic rings. The van der Waals surface area contributed by atoms with Gasteiger partial charge in [-0.2, -0.15) is 5.26 Å². The van der Waals surface area contributed by atoms with Crippen LogP contribution in [-0.2, 0) is 4.79 Å². The van der Waals surface area contributed by atoms with Crippen LogP contribution in [0.1, 0.15) is 17.5 Å². The van der Waals surface area contributed by atoms with Gasteiger partial charge in [0.15, 0.2) is 0 Å². The molecule has 0 saturated heterocycles. The topological polar surface area (TPSA) is 65.8 Å². The lowest BCUT2D eigenvalue weighted by molar-refractivity contribution is -0.114. The van der Waals surface area contributed by atoms with Gasteiger partial charge in [-0.1, -0.05) is 59.9 Å². The largest absolute Gasteiger partial charge is 0.316 e. The van der Waals surface area contributed by atoms with E-state index in [0.29, 0.717) is 21.3 Å². The third kappa shape index (κ3) is 4.33. The highest BCUT2D eigenvalue weighted by atomic mass is 32.1. The molecule has 1 aromatic carbocycles. The van der Waals surface area contributed by atoms with Crippen molar-refractivity contribution in [1.82, 2.24) is 4.98 Å². The van der Waals surface area contributed by atoms with E-state index in [-0.39, 0.29) is 5.91 Å². The SMILES string of the molecule is CC(=O)Nc1sc(/C(C#N)=C\C=C\c2ccccc2)nc1-c1cccs1. The highest BCUT2D eigenvalue weighted by molar-refractivity contribution is 7.18. The number of nitriles is 1. The summed E-state index contributed by atoms with van der Waals surface area (Å²) in [5, 5.41) is 15.5. The molecule has 3 rings (SSSR count). The van der Waals surface area contributed by atoms with Crippen molar-refractivity contribution in [3.05, 3.63) is 70.6 Å². The van der Waals surface area contributed by atoms with Gasteiger partial charge < -0.3 is 5.32 Å². The van der Waals surface area contributed by atoms with E-state index in [1.165, 1.54) is 18.3 Å². The van der Waals surface area contributed by atoms with Gasteiger partial charge in [-0.3, -0.25) is 4.79 Å². The number of carbonyl (C=O) groups is 1. The molecule has 0 aliphatic carbocycles. The molecule has 2 heterocycles. The van der Waals surface area contributed by atoms with Crippen molar-refractivity contribution < 1.29 is 4.79 Å². The molecule has 2 aromatic heterocycles. The number of hydrogen-bond acceptors (Lipinski definition) is 5. The smallest absolute Gasteiger partial charge is 0.221 e. The molecule has 0 fully saturated rings. The van der Waals surface area contributed by atoms with Crippen molar-refractivity contribution in [2.45, 2.75) is 6.92 Å². The molecule has 26 heavy (non-hydrogen) atoms. The first kappa shape index (κ1) is 17.8. The molecule has 0 unspecified atom stereocenters. The van der Waals surface area contributed by atoms with Gasteiger partial charge in [0.1, 0.15) is 21.8 Å². The maximum Gasteiger partial charge on any atom is 0.221 e. The number of nitrogens with zero attached hydrogens (tertiary/aromatic N) is 2. The van der Waals surface area contributed by atoms with Crippen LogP contribution in [-0.4, -0.2) is 10.9 Å². The van der Waals surface area contributed by atoms with Gasteiger partial charge in [-0.05, 0) is 23.1 Å². The van der Waals surface area contributed by atoms with E-state index in [1.54, 1.807) is 17.4 Å². The minimum Gasteiger partial charge on any atom is -0.316 e. The standard InChI is InChI=1S/C20H15N3OS2/c1-14(24)22-20-18(17-11-6-12-25-17)23-19(26-20)16(13-21)10-5-9-15-7-3-2-4-8-15/h2-12H,1H3,(H,22,24)/b9-5+,16-10-. The van der Waals surface area contributed by atoms with Gasteiger partial charge in [0.2, 0.25) is 5.91 Å². The van der Waals surface area contributed by atoms with E-state index in [1.807, 2.05) is 60.0 Å². The van der Waals surface area contributed by atoms with Crippen LogP contribution in [0.3, 0.4) is 0 Å². The molecular formula is C20H15N3OS2. The number of amides is 1.